The second-order valence-electron chi connectivity index (χ2n) is 5.46. The summed E-state index contributed by atoms with van der Waals surface area (Å²) in [5.74, 6) is 0.639. The van der Waals surface area contributed by atoms with Gasteiger partial charge in [-0.25, -0.2) is 9.97 Å². The SMILES string of the molecule is COc1cccc(CN(C)C(=O)c2nc(N)nc3ccccc23)c1. The quantitative estimate of drug-likeness (QED) is 0.798. The van der Waals surface area contributed by atoms with Crippen LogP contribution >= 0.6 is 0 Å². The van der Waals surface area contributed by atoms with Crippen LogP contribution in [0.1, 0.15) is 16.1 Å². The van der Waals surface area contributed by atoms with Crippen LogP contribution in [0.4, 0.5) is 5.95 Å². The number of carbonyl (C=O) groups excluding carboxylic acids is 1. The van der Waals surface area contributed by atoms with E-state index in [0.717, 1.165) is 11.3 Å². The molecule has 0 unspecified atom stereocenters. The molecular weight excluding hydrogens is 304 g/mol. The Balaban J connectivity index is 1.91. The number of nitrogens with zero attached hydrogens (tertiary/aromatic N) is 3. The van der Waals surface area contributed by atoms with Crippen molar-refractivity contribution in [1.82, 2.24) is 14.9 Å². The number of ether oxygens (including phenoxy) is 1. The van der Waals surface area contributed by atoms with Gasteiger partial charge in [0.2, 0.25) is 5.95 Å². The summed E-state index contributed by atoms with van der Waals surface area (Å²) in [7, 11) is 3.35. The third-order valence-corrected chi connectivity index (χ3v) is 3.72. The first-order chi connectivity index (χ1) is 11.6. The molecule has 122 valence electrons. The molecule has 6 nitrogen and oxygen atoms in total. The van der Waals surface area contributed by atoms with Gasteiger partial charge in [0.1, 0.15) is 11.4 Å². The van der Waals surface area contributed by atoms with Crippen molar-refractivity contribution in [2.75, 3.05) is 19.9 Å². The number of nitrogens with two attached hydrogens (primary N) is 1. The lowest BCUT2D eigenvalue weighted by molar-refractivity contribution is 0.0781. The summed E-state index contributed by atoms with van der Waals surface area (Å²) in [6.45, 7) is 0.439. The van der Waals surface area contributed by atoms with Crippen LogP contribution in [0.2, 0.25) is 0 Å². The highest BCUT2D eigenvalue weighted by atomic mass is 16.5. The van der Waals surface area contributed by atoms with Gasteiger partial charge in [0, 0.05) is 19.0 Å². The van der Waals surface area contributed by atoms with Crippen LogP contribution < -0.4 is 10.5 Å². The Kier molecular flexibility index (Phi) is 4.29. The third-order valence-electron chi connectivity index (χ3n) is 3.72. The van der Waals surface area contributed by atoms with E-state index in [9.17, 15) is 4.79 Å². The Morgan fingerprint density at radius 3 is 2.75 bits per heavy atom. The summed E-state index contributed by atoms with van der Waals surface area (Å²) in [5.41, 5.74) is 7.68. The summed E-state index contributed by atoms with van der Waals surface area (Å²) < 4.78 is 5.21. The van der Waals surface area contributed by atoms with Crippen LogP contribution in [-0.2, 0) is 6.54 Å². The number of methoxy groups -OCH3 is 1. The van der Waals surface area contributed by atoms with E-state index in [1.165, 1.54) is 0 Å². The van der Waals surface area contributed by atoms with Gasteiger partial charge in [-0.2, -0.15) is 0 Å². The average molecular weight is 322 g/mol. The lowest BCUT2D eigenvalue weighted by atomic mass is 10.1. The molecule has 0 fully saturated rings. The van der Waals surface area contributed by atoms with Crippen molar-refractivity contribution in [3.05, 3.63) is 59.8 Å². The third kappa shape index (κ3) is 3.12. The zero-order chi connectivity index (χ0) is 17.1. The summed E-state index contributed by atoms with van der Waals surface area (Å²) in [6.07, 6.45) is 0. The van der Waals surface area contributed by atoms with E-state index in [-0.39, 0.29) is 11.9 Å². The van der Waals surface area contributed by atoms with Crippen molar-refractivity contribution in [2.24, 2.45) is 0 Å². The number of para-hydroxylation sites is 1. The van der Waals surface area contributed by atoms with E-state index >= 15 is 0 Å². The molecule has 24 heavy (non-hydrogen) atoms. The number of hydrogen-bond donors (Lipinski definition) is 1. The number of benzene rings is 2. The Bertz CT molecular complexity index is 895. The molecule has 0 saturated heterocycles. The molecule has 3 rings (SSSR count). The molecule has 1 aromatic heterocycles. The van der Waals surface area contributed by atoms with Gasteiger partial charge < -0.3 is 15.4 Å². The zero-order valence-electron chi connectivity index (χ0n) is 13.6. The summed E-state index contributed by atoms with van der Waals surface area (Å²) in [6, 6.07) is 14.9. The van der Waals surface area contributed by atoms with Crippen molar-refractivity contribution in [3.8, 4) is 5.75 Å². The maximum absolute atomic E-state index is 12.8. The van der Waals surface area contributed by atoms with Gasteiger partial charge in [-0.1, -0.05) is 30.3 Å². The smallest absolute Gasteiger partial charge is 0.273 e. The van der Waals surface area contributed by atoms with Gasteiger partial charge in [0.15, 0.2) is 0 Å². The molecule has 0 bridgehead atoms. The standard InChI is InChI=1S/C18H18N4O2/c1-22(11-12-6-5-7-13(10-12)24-2)17(23)16-14-8-3-4-9-15(14)20-18(19)21-16/h3-10H,11H2,1-2H3,(H2,19,20,21). The van der Waals surface area contributed by atoms with Crippen LogP contribution in [0, 0.1) is 0 Å². The first-order valence-corrected chi connectivity index (χ1v) is 7.49. The molecule has 1 amide bonds. The first-order valence-electron chi connectivity index (χ1n) is 7.49. The molecule has 1 heterocycles. The van der Waals surface area contributed by atoms with Crippen LogP contribution in [0.15, 0.2) is 48.5 Å². The molecule has 0 radical (unpaired) electrons. The van der Waals surface area contributed by atoms with E-state index < -0.39 is 0 Å². The predicted molar refractivity (Wildman–Crippen MR) is 92.7 cm³/mol. The molecule has 2 aromatic carbocycles. The number of aromatic nitrogens is 2. The monoisotopic (exact) mass is 322 g/mol. The molecule has 0 spiro atoms. The fourth-order valence-electron chi connectivity index (χ4n) is 2.55. The normalized spacial score (nSPS) is 10.6. The molecule has 2 N–H and O–H groups in total. The number of anilines is 1. The van der Waals surface area contributed by atoms with E-state index in [4.69, 9.17) is 10.5 Å². The molecule has 0 saturated carbocycles. The first kappa shape index (κ1) is 15.7. The Hall–Kier alpha value is -3.15. The molecule has 0 atom stereocenters. The molecule has 0 aliphatic carbocycles. The van der Waals surface area contributed by atoms with Crippen molar-refractivity contribution in [3.63, 3.8) is 0 Å². The average Bonchev–Trinajstić information content (AvgIpc) is 2.60. The van der Waals surface area contributed by atoms with E-state index in [1.54, 1.807) is 19.1 Å². The number of amides is 1. The minimum atomic E-state index is -0.205. The number of rotatable bonds is 4. The topological polar surface area (TPSA) is 81.3 Å². The van der Waals surface area contributed by atoms with E-state index in [1.807, 2.05) is 48.5 Å². The highest BCUT2D eigenvalue weighted by Gasteiger charge is 2.18. The van der Waals surface area contributed by atoms with Gasteiger partial charge in [-0.3, -0.25) is 4.79 Å². The lowest BCUT2D eigenvalue weighted by Crippen LogP contribution is -2.27. The number of nitrogen functional groups attached to an aromatic ring is 1. The molecule has 0 aliphatic heterocycles. The maximum Gasteiger partial charge on any atom is 0.273 e. The maximum atomic E-state index is 12.8. The van der Waals surface area contributed by atoms with Crippen LogP contribution in [0.5, 0.6) is 5.75 Å². The largest absolute Gasteiger partial charge is 0.497 e. The minimum absolute atomic E-state index is 0.0897. The second-order valence-corrected chi connectivity index (χ2v) is 5.46. The van der Waals surface area contributed by atoms with Crippen LogP contribution in [0.3, 0.4) is 0 Å². The van der Waals surface area contributed by atoms with Crippen molar-refractivity contribution in [1.29, 1.82) is 0 Å². The van der Waals surface area contributed by atoms with Gasteiger partial charge in [0.25, 0.3) is 5.91 Å². The van der Waals surface area contributed by atoms with E-state index in [0.29, 0.717) is 23.1 Å². The number of carbonyl (C=O) groups is 1. The number of hydrogen-bond acceptors (Lipinski definition) is 5. The van der Waals surface area contributed by atoms with Crippen molar-refractivity contribution >= 4 is 22.8 Å². The fourth-order valence-corrected chi connectivity index (χ4v) is 2.55. The van der Waals surface area contributed by atoms with Crippen LogP contribution in [0.25, 0.3) is 10.9 Å². The summed E-state index contributed by atoms with van der Waals surface area (Å²) in [4.78, 5) is 22.7. The Labute approximate surface area is 139 Å². The highest BCUT2D eigenvalue weighted by molar-refractivity contribution is 6.04. The predicted octanol–water partition coefficient (Wildman–Crippen LogP) is 2.49. The number of fused-ring (bicyclic) bond motifs is 1. The molecular formula is C18H18N4O2. The van der Waals surface area contributed by atoms with Gasteiger partial charge in [-0.15, -0.1) is 0 Å². The zero-order valence-corrected chi connectivity index (χ0v) is 13.6. The van der Waals surface area contributed by atoms with Crippen molar-refractivity contribution in [2.45, 2.75) is 6.54 Å². The molecule has 6 heteroatoms. The van der Waals surface area contributed by atoms with Gasteiger partial charge >= 0.3 is 0 Å². The van der Waals surface area contributed by atoms with Gasteiger partial charge in [-0.05, 0) is 23.8 Å². The summed E-state index contributed by atoms with van der Waals surface area (Å²) in [5, 5.41) is 0.689. The molecule has 3 aromatic rings. The second kappa shape index (κ2) is 6.54. The minimum Gasteiger partial charge on any atom is -0.497 e. The molecule has 0 aliphatic rings. The Morgan fingerprint density at radius 1 is 1.17 bits per heavy atom. The highest BCUT2D eigenvalue weighted by Crippen LogP contribution is 2.19. The summed E-state index contributed by atoms with van der Waals surface area (Å²) >= 11 is 0. The Morgan fingerprint density at radius 2 is 1.96 bits per heavy atom. The van der Waals surface area contributed by atoms with Gasteiger partial charge in [0.05, 0.1) is 12.6 Å². The fraction of sp³-hybridized carbons (Fsp3) is 0.167. The van der Waals surface area contributed by atoms with Crippen LogP contribution in [-0.4, -0.2) is 34.9 Å². The lowest BCUT2D eigenvalue weighted by Gasteiger charge is -2.18. The van der Waals surface area contributed by atoms with Crippen molar-refractivity contribution < 1.29 is 9.53 Å². The van der Waals surface area contributed by atoms with E-state index in [2.05, 4.69) is 9.97 Å².